The topological polar surface area (TPSA) is 37.8 Å². The highest BCUT2D eigenvalue weighted by Gasteiger charge is 2.20. The molecule has 0 unspecified atom stereocenters. The third kappa shape index (κ3) is 2.05. The fraction of sp³-hybridized carbons (Fsp3) is 0.357. The zero-order valence-electron chi connectivity index (χ0n) is 10.7. The second-order valence-electron chi connectivity index (χ2n) is 5.29. The standard InChI is InChI=1S/C14H18N2O/c1-10-12(11-8-6-5-7-9-11)15-16(13(10)17)14(2,3)4/h5-9,15H,1-4H3. The molecule has 3 heteroatoms. The molecule has 1 heterocycles. The van der Waals surface area contributed by atoms with Crippen LogP contribution in [0.5, 0.6) is 0 Å². The van der Waals surface area contributed by atoms with Crippen LogP contribution in [0.15, 0.2) is 35.1 Å². The zero-order valence-corrected chi connectivity index (χ0v) is 10.7. The van der Waals surface area contributed by atoms with Gasteiger partial charge in [-0.2, -0.15) is 0 Å². The summed E-state index contributed by atoms with van der Waals surface area (Å²) >= 11 is 0. The molecule has 2 rings (SSSR count). The van der Waals surface area contributed by atoms with Gasteiger partial charge < -0.3 is 0 Å². The van der Waals surface area contributed by atoms with Crippen molar-refractivity contribution in [2.24, 2.45) is 0 Å². The first-order valence-corrected chi connectivity index (χ1v) is 5.79. The molecule has 0 aliphatic rings. The molecule has 1 aromatic carbocycles. The number of aromatic amines is 1. The number of rotatable bonds is 1. The van der Waals surface area contributed by atoms with E-state index >= 15 is 0 Å². The van der Waals surface area contributed by atoms with Gasteiger partial charge in [0.1, 0.15) is 0 Å². The molecule has 0 saturated carbocycles. The number of nitrogens with one attached hydrogen (secondary N) is 1. The quantitative estimate of drug-likeness (QED) is 0.803. The van der Waals surface area contributed by atoms with Gasteiger partial charge in [-0.15, -0.1) is 0 Å². The van der Waals surface area contributed by atoms with Crippen molar-refractivity contribution in [2.45, 2.75) is 33.2 Å². The van der Waals surface area contributed by atoms with E-state index in [0.29, 0.717) is 0 Å². The highest BCUT2D eigenvalue weighted by molar-refractivity contribution is 5.62. The van der Waals surface area contributed by atoms with Gasteiger partial charge in [0, 0.05) is 5.56 Å². The lowest BCUT2D eigenvalue weighted by molar-refractivity contribution is 0.346. The van der Waals surface area contributed by atoms with Gasteiger partial charge in [0.15, 0.2) is 0 Å². The Kier molecular flexibility index (Phi) is 2.69. The second kappa shape index (κ2) is 3.91. The minimum absolute atomic E-state index is 0.0522. The molecule has 0 fully saturated rings. The average Bonchev–Trinajstić information content (AvgIpc) is 2.57. The van der Waals surface area contributed by atoms with Gasteiger partial charge in [0.2, 0.25) is 0 Å². The minimum atomic E-state index is -0.227. The summed E-state index contributed by atoms with van der Waals surface area (Å²) in [5.41, 5.74) is 2.55. The third-order valence-electron chi connectivity index (χ3n) is 2.86. The minimum Gasteiger partial charge on any atom is -0.294 e. The van der Waals surface area contributed by atoms with Gasteiger partial charge in [-0.1, -0.05) is 30.3 Å². The summed E-state index contributed by atoms with van der Waals surface area (Å²) in [5, 5.41) is 3.21. The Morgan fingerprint density at radius 2 is 1.71 bits per heavy atom. The van der Waals surface area contributed by atoms with Gasteiger partial charge in [-0.25, -0.2) is 4.68 Å². The maximum Gasteiger partial charge on any atom is 0.270 e. The first-order chi connectivity index (χ1) is 7.91. The summed E-state index contributed by atoms with van der Waals surface area (Å²) < 4.78 is 1.69. The maximum atomic E-state index is 12.1. The lowest BCUT2D eigenvalue weighted by atomic mass is 10.1. The number of aromatic nitrogens is 2. The Hall–Kier alpha value is -1.77. The van der Waals surface area contributed by atoms with Crippen LogP contribution in [-0.4, -0.2) is 9.78 Å². The Labute approximate surface area is 101 Å². The van der Waals surface area contributed by atoms with Crippen LogP contribution in [0.3, 0.4) is 0 Å². The molecule has 1 N–H and O–H groups in total. The predicted molar refractivity (Wildman–Crippen MR) is 70.2 cm³/mol. The van der Waals surface area contributed by atoms with Gasteiger partial charge in [0.25, 0.3) is 5.56 Å². The SMILES string of the molecule is Cc1c(-c2ccccc2)[nH]n(C(C)(C)C)c1=O. The average molecular weight is 230 g/mol. The lowest BCUT2D eigenvalue weighted by Crippen LogP contribution is -2.32. The van der Waals surface area contributed by atoms with Crippen molar-refractivity contribution in [1.82, 2.24) is 9.78 Å². The van der Waals surface area contributed by atoms with Crippen LogP contribution in [0.2, 0.25) is 0 Å². The lowest BCUT2D eigenvalue weighted by Gasteiger charge is -2.19. The molecule has 0 saturated heterocycles. The predicted octanol–water partition coefficient (Wildman–Crippen LogP) is 2.91. The Morgan fingerprint density at radius 3 is 2.18 bits per heavy atom. The van der Waals surface area contributed by atoms with Crippen molar-refractivity contribution < 1.29 is 0 Å². The van der Waals surface area contributed by atoms with E-state index in [1.54, 1.807) is 4.68 Å². The van der Waals surface area contributed by atoms with Crippen molar-refractivity contribution >= 4 is 0 Å². The molecule has 0 radical (unpaired) electrons. The highest BCUT2D eigenvalue weighted by atomic mass is 16.1. The molecule has 0 aliphatic heterocycles. The van der Waals surface area contributed by atoms with Crippen molar-refractivity contribution in [3.63, 3.8) is 0 Å². The van der Waals surface area contributed by atoms with Gasteiger partial charge in [-0.05, 0) is 33.3 Å². The van der Waals surface area contributed by atoms with Crippen LogP contribution in [0.25, 0.3) is 11.3 Å². The molecular weight excluding hydrogens is 212 g/mol. The number of hydrogen-bond donors (Lipinski definition) is 1. The molecule has 1 aromatic heterocycles. The monoisotopic (exact) mass is 230 g/mol. The molecule has 3 nitrogen and oxygen atoms in total. The highest BCUT2D eigenvalue weighted by Crippen LogP contribution is 2.20. The van der Waals surface area contributed by atoms with E-state index in [0.717, 1.165) is 16.8 Å². The fourth-order valence-corrected chi connectivity index (χ4v) is 1.88. The summed E-state index contributed by atoms with van der Waals surface area (Å²) in [7, 11) is 0. The van der Waals surface area contributed by atoms with E-state index in [1.807, 2.05) is 58.0 Å². The van der Waals surface area contributed by atoms with E-state index in [9.17, 15) is 4.79 Å². The number of hydrogen-bond acceptors (Lipinski definition) is 1. The van der Waals surface area contributed by atoms with Gasteiger partial charge >= 0.3 is 0 Å². The van der Waals surface area contributed by atoms with Crippen LogP contribution < -0.4 is 5.56 Å². The molecule has 0 spiro atoms. The summed E-state index contributed by atoms with van der Waals surface area (Å²) in [6, 6.07) is 9.93. The summed E-state index contributed by atoms with van der Waals surface area (Å²) in [4.78, 5) is 12.1. The van der Waals surface area contributed by atoms with E-state index in [2.05, 4.69) is 5.10 Å². The van der Waals surface area contributed by atoms with Crippen LogP contribution in [0.4, 0.5) is 0 Å². The fourth-order valence-electron chi connectivity index (χ4n) is 1.88. The van der Waals surface area contributed by atoms with Gasteiger partial charge in [-0.3, -0.25) is 9.89 Å². The molecular formula is C14H18N2O. The zero-order chi connectivity index (χ0) is 12.6. The largest absolute Gasteiger partial charge is 0.294 e. The van der Waals surface area contributed by atoms with Crippen LogP contribution in [-0.2, 0) is 5.54 Å². The van der Waals surface area contributed by atoms with Crippen LogP contribution in [0, 0.1) is 6.92 Å². The maximum absolute atomic E-state index is 12.1. The third-order valence-corrected chi connectivity index (χ3v) is 2.86. The van der Waals surface area contributed by atoms with Crippen molar-refractivity contribution in [3.8, 4) is 11.3 Å². The first kappa shape index (κ1) is 11.7. The number of benzene rings is 1. The smallest absolute Gasteiger partial charge is 0.270 e. The first-order valence-electron chi connectivity index (χ1n) is 5.79. The molecule has 0 bridgehead atoms. The summed E-state index contributed by atoms with van der Waals surface area (Å²) in [6.45, 7) is 7.90. The normalized spacial score (nSPS) is 11.8. The van der Waals surface area contributed by atoms with E-state index < -0.39 is 0 Å². The van der Waals surface area contributed by atoms with E-state index in [1.165, 1.54) is 0 Å². The molecule has 0 amide bonds. The van der Waals surface area contributed by atoms with Crippen molar-refractivity contribution in [1.29, 1.82) is 0 Å². The summed E-state index contributed by atoms with van der Waals surface area (Å²) in [6.07, 6.45) is 0. The Balaban J connectivity index is 2.63. The molecule has 17 heavy (non-hydrogen) atoms. The van der Waals surface area contributed by atoms with Crippen molar-refractivity contribution in [2.75, 3.05) is 0 Å². The van der Waals surface area contributed by atoms with Gasteiger partial charge in [0.05, 0.1) is 11.2 Å². The molecule has 90 valence electrons. The van der Waals surface area contributed by atoms with E-state index in [4.69, 9.17) is 0 Å². The Bertz CT molecular complexity index is 571. The number of nitrogens with zero attached hydrogens (tertiary/aromatic N) is 1. The molecule has 0 aliphatic carbocycles. The molecule has 2 aromatic rings. The molecule has 0 atom stereocenters. The Morgan fingerprint density at radius 1 is 1.12 bits per heavy atom. The van der Waals surface area contributed by atoms with E-state index in [-0.39, 0.29) is 11.1 Å². The van der Waals surface area contributed by atoms with Crippen LogP contribution >= 0.6 is 0 Å². The summed E-state index contributed by atoms with van der Waals surface area (Å²) in [5.74, 6) is 0. The number of H-pyrrole nitrogens is 1. The van der Waals surface area contributed by atoms with Crippen LogP contribution in [0.1, 0.15) is 26.3 Å². The second-order valence-corrected chi connectivity index (χ2v) is 5.29. The van der Waals surface area contributed by atoms with Crippen molar-refractivity contribution in [3.05, 3.63) is 46.2 Å².